The Morgan fingerprint density at radius 2 is 1.90 bits per heavy atom. The SMILES string of the molecule is Cc1cccc(COc2ccccc2/C=C2\SC(=O)N(CC(=O)OC(C)C)C2=O)c1. The minimum Gasteiger partial charge on any atom is -0.488 e. The van der Waals surface area contributed by atoms with Gasteiger partial charge in [0.1, 0.15) is 18.9 Å². The van der Waals surface area contributed by atoms with Gasteiger partial charge in [0.25, 0.3) is 11.1 Å². The van der Waals surface area contributed by atoms with Gasteiger partial charge >= 0.3 is 5.97 Å². The van der Waals surface area contributed by atoms with Crippen molar-refractivity contribution in [3.8, 4) is 5.75 Å². The smallest absolute Gasteiger partial charge is 0.326 e. The van der Waals surface area contributed by atoms with Gasteiger partial charge in [0.15, 0.2) is 0 Å². The quantitative estimate of drug-likeness (QED) is 0.478. The van der Waals surface area contributed by atoms with Gasteiger partial charge in [-0.1, -0.05) is 48.0 Å². The number of ether oxygens (including phenoxy) is 2. The molecule has 0 saturated carbocycles. The molecule has 30 heavy (non-hydrogen) atoms. The molecule has 3 rings (SSSR count). The number of para-hydroxylation sites is 1. The van der Waals surface area contributed by atoms with Gasteiger partial charge in [0.05, 0.1) is 11.0 Å². The van der Waals surface area contributed by atoms with Crippen LogP contribution in [0, 0.1) is 6.92 Å². The van der Waals surface area contributed by atoms with Gasteiger partial charge in [-0.15, -0.1) is 0 Å². The van der Waals surface area contributed by atoms with Crippen molar-refractivity contribution in [3.05, 3.63) is 70.1 Å². The number of hydrogen-bond acceptors (Lipinski definition) is 6. The van der Waals surface area contributed by atoms with Gasteiger partial charge in [0.2, 0.25) is 0 Å². The van der Waals surface area contributed by atoms with Gasteiger partial charge in [-0.25, -0.2) is 0 Å². The monoisotopic (exact) mass is 425 g/mol. The van der Waals surface area contributed by atoms with Crippen LogP contribution in [0.2, 0.25) is 0 Å². The van der Waals surface area contributed by atoms with Gasteiger partial charge in [-0.05, 0) is 50.2 Å². The fourth-order valence-corrected chi connectivity index (χ4v) is 3.73. The number of amides is 2. The number of carbonyl (C=O) groups excluding carboxylic acids is 3. The first kappa shape index (κ1) is 21.6. The molecule has 0 spiro atoms. The minimum atomic E-state index is -0.615. The Hall–Kier alpha value is -3.06. The average Bonchev–Trinajstić information content (AvgIpc) is 2.94. The zero-order chi connectivity index (χ0) is 21.7. The highest BCUT2D eigenvalue weighted by Gasteiger charge is 2.37. The summed E-state index contributed by atoms with van der Waals surface area (Å²) in [6, 6.07) is 15.3. The first-order chi connectivity index (χ1) is 14.3. The second kappa shape index (κ2) is 9.63. The molecule has 2 aromatic carbocycles. The van der Waals surface area contributed by atoms with E-state index in [4.69, 9.17) is 9.47 Å². The molecule has 1 aliphatic heterocycles. The molecular formula is C23H23NO5S. The van der Waals surface area contributed by atoms with E-state index in [1.165, 1.54) is 0 Å². The molecule has 0 aromatic heterocycles. The second-order valence-electron chi connectivity index (χ2n) is 7.12. The van der Waals surface area contributed by atoms with Crippen molar-refractivity contribution >= 4 is 35.0 Å². The minimum absolute atomic E-state index is 0.240. The van der Waals surface area contributed by atoms with Gasteiger partial charge < -0.3 is 9.47 Å². The highest BCUT2D eigenvalue weighted by molar-refractivity contribution is 8.18. The highest BCUT2D eigenvalue weighted by Crippen LogP contribution is 2.34. The fraction of sp³-hybridized carbons (Fsp3) is 0.261. The first-order valence-corrected chi connectivity index (χ1v) is 10.4. The molecule has 0 radical (unpaired) electrons. The Balaban J connectivity index is 1.74. The highest BCUT2D eigenvalue weighted by atomic mass is 32.2. The van der Waals surface area contributed by atoms with E-state index in [1.807, 2.05) is 55.5 Å². The molecule has 1 aliphatic rings. The van der Waals surface area contributed by atoms with Crippen LogP contribution in [-0.2, 0) is 20.9 Å². The predicted octanol–water partition coefficient (Wildman–Crippen LogP) is 4.56. The Labute approximate surface area is 179 Å². The third-order valence-electron chi connectivity index (χ3n) is 4.21. The number of nitrogens with zero attached hydrogens (tertiary/aromatic N) is 1. The van der Waals surface area contributed by atoms with Crippen molar-refractivity contribution in [2.24, 2.45) is 0 Å². The van der Waals surface area contributed by atoms with Gasteiger partial charge in [-0.3, -0.25) is 19.3 Å². The molecule has 0 atom stereocenters. The summed E-state index contributed by atoms with van der Waals surface area (Å²) >= 11 is 0.798. The summed E-state index contributed by atoms with van der Waals surface area (Å²) in [6.45, 7) is 5.42. The van der Waals surface area contributed by atoms with E-state index >= 15 is 0 Å². The van der Waals surface area contributed by atoms with Crippen LogP contribution in [0.15, 0.2) is 53.4 Å². The van der Waals surface area contributed by atoms with E-state index in [9.17, 15) is 14.4 Å². The molecular weight excluding hydrogens is 402 g/mol. The van der Waals surface area contributed by atoms with Crippen molar-refractivity contribution in [2.45, 2.75) is 33.5 Å². The zero-order valence-electron chi connectivity index (χ0n) is 17.1. The molecule has 6 nitrogen and oxygen atoms in total. The molecule has 0 aliphatic carbocycles. The maximum Gasteiger partial charge on any atom is 0.326 e. The van der Waals surface area contributed by atoms with Crippen molar-refractivity contribution in [1.29, 1.82) is 0 Å². The maximum atomic E-state index is 12.6. The summed E-state index contributed by atoms with van der Waals surface area (Å²) in [5.74, 6) is -0.528. The third kappa shape index (κ3) is 5.51. The lowest BCUT2D eigenvalue weighted by Crippen LogP contribution is -2.35. The number of esters is 1. The summed E-state index contributed by atoms with van der Waals surface area (Å²) < 4.78 is 11.0. The topological polar surface area (TPSA) is 72.9 Å². The molecule has 0 bridgehead atoms. The third-order valence-corrected chi connectivity index (χ3v) is 5.12. The van der Waals surface area contributed by atoms with E-state index in [-0.39, 0.29) is 11.0 Å². The zero-order valence-corrected chi connectivity index (χ0v) is 17.9. The summed E-state index contributed by atoms with van der Waals surface area (Å²) in [5.41, 5.74) is 2.86. The van der Waals surface area contributed by atoms with Gasteiger partial charge in [0, 0.05) is 5.56 Å². The number of benzene rings is 2. The fourth-order valence-electron chi connectivity index (χ4n) is 2.90. The molecule has 0 N–H and O–H groups in total. The Bertz CT molecular complexity index is 999. The number of aryl methyl sites for hydroxylation is 1. The van der Waals surface area contributed by atoms with Crippen LogP contribution in [-0.4, -0.2) is 34.7 Å². The van der Waals surface area contributed by atoms with Gasteiger partial charge in [-0.2, -0.15) is 0 Å². The van der Waals surface area contributed by atoms with Crippen molar-refractivity contribution in [1.82, 2.24) is 4.90 Å². The first-order valence-electron chi connectivity index (χ1n) is 9.55. The Morgan fingerprint density at radius 1 is 1.13 bits per heavy atom. The number of thioether (sulfide) groups is 1. The van der Waals surface area contributed by atoms with Crippen molar-refractivity contribution in [2.75, 3.05) is 6.54 Å². The Morgan fingerprint density at radius 3 is 2.63 bits per heavy atom. The number of hydrogen-bond donors (Lipinski definition) is 0. The lowest BCUT2D eigenvalue weighted by atomic mass is 10.1. The van der Waals surface area contributed by atoms with Crippen LogP contribution in [0.5, 0.6) is 5.75 Å². The van der Waals surface area contributed by atoms with Crippen molar-refractivity contribution in [3.63, 3.8) is 0 Å². The number of carbonyl (C=O) groups is 3. The normalized spacial score (nSPS) is 15.2. The summed E-state index contributed by atoms with van der Waals surface area (Å²) in [7, 11) is 0. The van der Waals surface area contributed by atoms with Crippen LogP contribution in [0.1, 0.15) is 30.5 Å². The molecule has 1 saturated heterocycles. The largest absolute Gasteiger partial charge is 0.488 e. The molecule has 1 heterocycles. The summed E-state index contributed by atoms with van der Waals surface area (Å²) in [4.78, 5) is 37.8. The molecule has 2 aromatic rings. The maximum absolute atomic E-state index is 12.6. The lowest BCUT2D eigenvalue weighted by molar-refractivity contribution is -0.149. The van der Waals surface area contributed by atoms with Crippen LogP contribution < -0.4 is 4.74 Å². The molecule has 7 heteroatoms. The van der Waals surface area contributed by atoms with E-state index in [2.05, 4.69) is 0 Å². The average molecular weight is 426 g/mol. The van der Waals surface area contributed by atoms with E-state index in [1.54, 1.807) is 19.9 Å². The lowest BCUT2D eigenvalue weighted by Gasteiger charge is -2.13. The van der Waals surface area contributed by atoms with E-state index in [0.717, 1.165) is 27.8 Å². The summed E-state index contributed by atoms with van der Waals surface area (Å²) in [5, 5.41) is -0.495. The molecule has 156 valence electrons. The number of rotatable bonds is 7. The molecule has 1 fully saturated rings. The predicted molar refractivity (Wildman–Crippen MR) is 116 cm³/mol. The van der Waals surface area contributed by atoms with E-state index < -0.39 is 23.7 Å². The standard InChI is InChI=1S/C23H23NO5S/c1-15(2)29-21(25)13-24-22(26)20(30-23(24)27)12-18-9-4-5-10-19(18)28-14-17-8-6-7-16(3)11-17/h4-12,15H,13-14H2,1-3H3/b20-12-. The van der Waals surface area contributed by atoms with Crippen LogP contribution in [0.4, 0.5) is 4.79 Å². The van der Waals surface area contributed by atoms with Crippen LogP contribution in [0.3, 0.4) is 0 Å². The van der Waals surface area contributed by atoms with Crippen molar-refractivity contribution < 1.29 is 23.9 Å². The Kier molecular flexibility index (Phi) is 6.95. The van der Waals surface area contributed by atoms with Crippen LogP contribution in [0.25, 0.3) is 6.08 Å². The molecule has 2 amide bonds. The van der Waals surface area contributed by atoms with Crippen LogP contribution >= 0.6 is 11.8 Å². The molecule has 0 unspecified atom stereocenters. The second-order valence-corrected chi connectivity index (χ2v) is 8.12. The summed E-state index contributed by atoms with van der Waals surface area (Å²) in [6.07, 6.45) is 1.30. The van der Waals surface area contributed by atoms with E-state index in [0.29, 0.717) is 17.9 Å². The number of imide groups is 1.